The Kier molecular flexibility index (Phi) is 5.79. The van der Waals surface area contributed by atoms with Crippen LogP contribution < -0.4 is 10.6 Å². The smallest absolute Gasteiger partial charge is 0.141 e. The summed E-state index contributed by atoms with van der Waals surface area (Å²) in [6, 6.07) is 8.87. The molecule has 0 spiro atoms. The number of nitrogens with one attached hydrogen (secondary N) is 3. The van der Waals surface area contributed by atoms with Crippen molar-refractivity contribution in [1.29, 1.82) is 5.41 Å². The molecule has 0 bridgehead atoms. The average Bonchev–Trinajstić information content (AvgIpc) is 3.49. The van der Waals surface area contributed by atoms with Gasteiger partial charge in [-0.3, -0.25) is 10.4 Å². The average molecular weight is 426 g/mol. The van der Waals surface area contributed by atoms with Crippen molar-refractivity contribution in [2.24, 2.45) is 4.99 Å². The second kappa shape index (κ2) is 8.21. The minimum absolute atomic E-state index is 0.0503. The number of hydrogen-bond acceptors (Lipinski definition) is 6. The number of epoxide rings is 1. The predicted octanol–water partition coefficient (Wildman–Crippen LogP) is 3.57. The number of ether oxygens (including phenoxy) is 1. The van der Waals surface area contributed by atoms with Crippen LogP contribution in [-0.2, 0) is 16.9 Å². The molecule has 0 radical (unpaired) electrons. The lowest BCUT2D eigenvalue weighted by molar-refractivity contribution is 0.301. The number of benzene rings is 1. The van der Waals surface area contributed by atoms with E-state index in [9.17, 15) is 0 Å². The van der Waals surface area contributed by atoms with Crippen LogP contribution in [0.3, 0.4) is 0 Å². The number of thioether (sulfide) groups is 1. The Morgan fingerprint density at radius 2 is 2.10 bits per heavy atom. The molecule has 0 amide bonds. The van der Waals surface area contributed by atoms with E-state index in [4.69, 9.17) is 15.1 Å². The predicted molar refractivity (Wildman–Crippen MR) is 125 cm³/mol. The van der Waals surface area contributed by atoms with Crippen LogP contribution in [0, 0.1) is 5.41 Å². The Hall–Kier alpha value is -2.09. The second-order valence-corrected chi connectivity index (χ2v) is 9.23. The molecule has 3 aliphatic heterocycles. The highest BCUT2D eigenvalue weighted by Gasteiger charge is 2.44. The van der Waals surface area contributed by atoms with Crippen molar-refractivity contribution >= 4 is 22.6 Å². The summed E-state index contributed by atoms with van der Waals surface area (Å²) < 4.78 is 5.67. The van der Waals surface area contributed by atoms with Crippen LogP contribution in [0.5, 0.6) is 0 Å². The highest BCUT2D eigenvalue weighted by molar-refractivity contribution is 8.18. The maximum Gasteiger partial charge on any atom is 0.141 e. The third-order valence-corrected chi connectivity index (χ3v) is 7.40. The Morgan fingerprint density at radius 3 is 2.70 bits per heavy atom. The van der Waals surface area contributed by atoms with Crippen molar-refractivity contribution in [2.45, 2.75) is 45.4 Å². The zero-order valence-electron chi connectivity index (χ0n) is 18.4. The van der Waals surface area contributed by atoms with Crippen molar-refractivity contribution in [3.63, 3.8) is 0 Å². The van der Waals surface area contributed by atoms with Crippen LogP contribution in [0.4, 0.5) is 0 Å². The first-order valence-electron chi connectivity index (χ1n) is 10.5. The molecular weight excluding hydrogens is 394 g/mol. The summed E-state index contributed by atoms with van der Waals surface area (Å²) in [5.74, 6) is 0.957. The minimum Gasteiger partial charge on any atom is -0.366 e. The molecule has 1 fully saturated rings. The van der Waals surface area contributed by atoms with Gasteiger partial charge in [0, 0.05) is 18.7 Å². The molecule has 30 heavy (non-hydrogen) atoms. The fourth-order valence-corrected chi connectivity index (χ4v) is 5.10. The maximum absolute atomic E-state index is 8.57. The Bertz CT molecular complexity index is 943. The molecule has 1 aromatic rings. The van der Waals surface area contributed by atoms with E-state index in [1.54, 1.807) is 0 Å². The molecule has 3 N–H and O–H groups in total. The monoisotopic (exact) mass is 425 g/mol. The molecule has 0 aliphatic carbocycles. The van der Waals surface area contributed by atoms with Gasteiger partial charge in [-0.05, 0) is 44.0 Å². The molecule has 3 aliphatic rings. The molecule has 4 rings (SSSR count). The van der Waals surface area contributed by atoms with Crippen LogP contribution in [0.2, 0.25) is 0 Å². The zero-order chi connectivity index (χ0) is 21.5. The molecule has 6 nitrogen and oxygen atoms in total. The molecule has 160 valence electrons. The fraction of sp³-hybridized carbons (Fsp3) is 0.478. The normalized spacial score (nSPS) is 27.3. The SMILES string of the molecule is CCC1(c2ccc(CN=C3C4=C(NCN3C)/C(=C(\C)C(C)NC)C(=N)S4)cc2)CO1. The summed E-state index contributed by atoms with van der Waals surface area (Å²) in [6.07, 6.45) is 1.01. The zero-order valence-corrected chi connectivity index (χ0v) is 19.2. The summed E-state index contributed by atoms with van der Waals surface area (Å²) in [5, 5.41) is 15.9. The summed E-state index contributed by atoms with van der Waals surface area (Å²) in [4.78, 5) is 8.13. The number of amidine groups is 1. The molecule has 3 heterocycles. The summed E-state index contributed by atoms with van der Waals surface area (Å²) in [6.45, 7) is 8.53. The van der Waals surface area contributed by atoms with Gasteiger partial charge in [-0.2, -0.15) is 0 Å². The fourth-order valence-electron chi connectivity index (χ4n) is 3.95. The first-order chi connectivity index (χ1) is 14.4. The lowest BCUT2D eigenvalue weighted by Crippen LogP contribution is -2.41. The molecule has 1 saturated heterocycles. The minimum atomic E-state index is -0.0503. The van der Waals surface area contributed by atoms with Gasteiger partial charge >= 0.3 is 0 Å². The highest BCUT2D eigenvalue weighted by atomic mass is 32.2. The Labute approximate surface area is 183 Å². The van der Waals surface area contributed by atoms with Crippen LogP contribution in [-0.4, -0.2) is 49.2 Å². The van der Waals surface area contributed by atoms with E-state index in [-0.39, 0.29) is 11.6 Å². The van der Waals surface area contributed by atoms with E-state index in [1.165, 1.54) is 28.5 Å². The van der Waals surface area contributed by atoms with Gasteiger partial charge in [0.05, 0.1) is 30.4 Å². The second-order valence-electron chi connectivity index (χ2n) is 8.21. The van der Waals surface area contributed by atoms with E-state index in [0.29, 0.717) is 18.3 Å². The van der Waals surface area contributed by atoms with Gasteiger partial charge in [0.25, 0.3) is 0 Å². The van der Waals surface area contributed by atoms with E-state index < -0.39 is 0 Å². The van der Waals surface area contributed by atoms with Crippen molar-refractivity contribution < 1.29 is 4.74 Å². The summed E-state index contributed by atoms with van der Waals surface area (Å²) in [7, 11) is 4.00. The van der Waals surface area contributed by atoms with E-state index in [2.05, 4.69) is 60.6 Å². The molecule has 1 aromatic carbocycles. The van der Waals surface area contributed by atoms with E-state index in [0.717, 1.165) is 35.0 Å². The molecule has 2 unspecified atom stereocenters. The molecule has 0 aromatic heterocycles. The summed E-state index contributed by atoms with van der Waals surface area (Å²) in [5.41, 5.74) is 5.63. The van der Waals surface area contributed by atoms with Gasteiger partial charge in [0.2, 0.25) is 0 Å². The number of allylic oxidation sites excluding steroid dienone is 1. The third kappa shape index (κ3) is 3.70. The van der Waals surface area contributed by atoms with Crippen molar-refractivity contribution in [3.8, 4) is 0 Å². The number of rotatable bonds is 6. The van der Waals surface area contributed by atoms with Crippen LogP contribution >= 0.6 is 11.8 Å². The molecule has 2 atom stereocenters. The maximum atomic E-state index is 8.57. The van der Waals surface area contributed by atoms with Gasteiger partial charge in [0.1, 0.15) is 16.5 Å². The molecule has 0 saturated carbocycles. The lowest BCUT2D eigenvalue weighted by atomic mass is 9.96. The Balaban J connectivity index is 1.59. The number of likely N-dealkylation sites (N-methyl/N-ethyl adjacent to an activating group) is 2. The van der Waals surface area contributed by atoms with E-state index >= 15 is 0 Å². The van der Waals surface area contributed by atoms with Gasteiger partial charge in [-0.25, -0.2) is 0 Å². The standard InChI is InChI=1S/C23H31N5OS/c1-6-23(12-29-23)17-9-7-16(8-10-17)11-26-22-20-19(27-13-28(22)5)18(21(24)30-20)14(2)15(3)25-4/h7-10,15,24-25,27H,6,11-13H2,1-5H3/b18-14-,24-21?,26-22?. The lowest BCUT2D eigenvalue weighted by Gasteiger charge is -2.29. The first kappa shape index (κ1) is 21.2. The highest BCUT2D eigenvalue weighted by Crippen LogP contribution is 2.42. The van der Waals surface area contributed by atoms with Crippen LogP contribution in [0.15, 0.2) is 51.0 Å². The largest absolute Gasteiger partial charge is 0.366 e. The first-order valence-corrected chi connectivity index (χ1v) is 11.3. The van der Waals surface area contributed by atoms with Crippen molar-refractivity contribution in [2.75, 3.05) is 27.4 Å². The number of aliphatic imine (C=N–C) groups is 1. The van der Waals surface area contributed by atoms with Crippen LogP contribution in [0.25, 0.3) is 0 Å². The topological polar surface area (TPSA) is 76.0 Å². The third-order valence-electron chi connectivity index (χ3n) is 6.40. The van der Waals surface area contributed by atoms with Crippen LogP contribution in [0.1, 0.15) is 38.3 Å². The Morgan fingerprint density at radius 1 is 1.40 bits per heavy atom. The van der Waals surface area contributed by atoms with Gasteiger partial charge in [-0.15, -0.1) is 0 Å². The van der Waals surface area contributed by atoms with Gasteiger partial charge < -0.3 is 20.3 Å². The van der Waals surface area contributed by atoms with Crippen molar-refractivity contribution in [1.82, 2.24) is 15.5 Å². The van der Waals surface area contributed by atoms with Crippen molar-refractivity contribution in [3.05, 3.63) is 57.1 Å². The summed E-state index contributed by atoms with van der Waals surface area (Å²) >= 11 is 1.50. The van der Waals surface area contributed by atoms with Gasteiger partial charge in [-0.1, -0.05) is 43.0 Å². The molecular formula is C23H31N5OS. The van der Waals surface area contributed by atoms with Gasteiger partial charge in [0.15, 0.2) is 0 Å². The number of hydrogen-bond donors (Lipinski definition) is 3. The number of nitrogens with zero attached hydrogens (tertiary/aromatic N) is 2. The molecule has 7 heteroatoms. The quantitative estimate of drug-likeness (QED) is 0.608. The van der Waals surface area contributed by atoms with E-state index in [1.807, 2.05) is 14.1 Å².